The molecule has 29 heavy (non-hydrogen) atoms. The van der Waals surface area contributed by atoms with Crippen LogP contribution >= 0.6 is 0 Å². The van der Waals surface area contributed by atoms with Crippen LogP contribution in [0.25, 0.3) is 22.3 Å². The Morgan fingerprint density at radius 2 is 1.69 bits per heavy atom. The van der Waals surface area contributed by atoms with Crippen LogP contribution in [0.3, 0.4) is 0 Å². The average Bonchev–Trinajstić information content (AvgIpc) is 3.28. The standard InChI is InChI=1S/C19H22N8O2/c28-25-13-4-6-26(7-5-13)18-21-17(14-2-1-3-16-15(14)12-20-24-16)22-19(23-18)27-8-10-29-11-9-27/h1-3,12,28H,4-11H2,(H,20,24). The van der Waals surface area contributed by atoms with Gasteiger partial charge in [-0.25, -0.2) is 0 Å². The number of hydrogen-bond donors (Lipinski definition) is 2. The van der Waals surface area contributed by atoms with Gasteiger partial charge in [0.15, 0.2) is 5.82 Å². The summed E-state index contributed by atoms with van der Waals surface area (Å²) in [5.74, 6) is 1.94. The molecule has 0 aliphatic carbocycles. The van der Waals surface area contributed by atoms with Gasteiger partial charge in [-0.3, -0.25) is 5.10 Å². The Hall–Kier alpha value is -3.27. The van der Waals surface area contributed by atoms with E-state index in [2.05, 4.69) is 25.2 Å². The number of piperidine rings is 1. The van der Waals surface area contributed by atoms with Crippen LogP contribution in [0.2, 0.25) is 0 Å². The molecule has 3 aromatic rings. The van der Waals surface area contributed by atoms with Crippen LogP contribution in [0.15, 0.2) is 29.6 Å². The number of nitrogens with zero attached hydrogens (tertiary/aromatic N) is 7. The molecule has 2 aromatic heterocycles. The van der Waals surface area contributed by atoms with Crippen LogP contribution < -0.4 is 9.80 Å². The fourth-order valence-corrected chi connectivity index (χ4v) is 3.75. The number of hydrogen-bond acceptors (Lipinski definition) is 9. The topological polar surface area (TPSA) is 116 Å². The molecular formula is C19H22N8O2. The van der Waals surface area contributed by atoms with Crippen molar-refractivity contribution in [3.8, 4) is 11.4 Å². The van der Waals surface area contributed by atoms with Gasteiger partial charge >= 0.3 is 0 Å². The first-order valence-electron chi connectivity index (χ1n) is 9.78. The van der Waals surface area contributed by atoms with E-state index in [0.717, 1.165) is 35.3 Å². The van der Waals surface area contributed by atoms with Crippen molar-refractivity contribution in [3.63, 3.8) is 0 Å². The number of aromatic nitrogens is 5. The highest BCUT2D eigenvalue weighted by atomic mass is 16.5. The normalized spacial score (nSPS) is 17.7. The average molecular weight is 394 g/mol. The van der Waals surface area contributed by atoms with Crippen LogP contribution in [0.4, 0.5) is 11.9 Å². The van der Waals surface area contributed by atoms with Gasteiger partial charge in [0, 0.05) is 50.0 Å². The number of fused-ring (bicyclic) bond motifs is 1. The third kappa shape index (κ3) is 3.46. The largest absolute Gasteiger partial charge is 0.411 e. The molecule has 4 heterocycles. The van der Waals surface area contributed by atoms with Crippen molar-refractivity contribution in [2.75, 3.05) is 49.2 Å². The van der Waals surface area contributed by atoms with Crippen LogP contribution in [0, 0.1) is 0 Å². The summed E-state index contributed by atoms with van der Waals surface area (Å²) in [6.07, 6.45) is 3.19. The molecule has 10 heteroatoms. The molecule has 2 aliphatic rings. The Balaban J connectivity index is 1.57. The van der Waals surface area contributed by atoms with Gasteiger partial charge in [-0.2, -0.15) is 20.1 Å². The molecule has 2 fully saturated rings. The van der Waals surface area contributed by atoms with E-state index >= 15 is 0 Å². The van der Waals surface area contributed by atoms with Crippen LogP contribution in [0.5, 0.6) is 0 Å². The number of aromatic amines is 1. The zero-order valence-corrected chi connectivity index (χ0v) is 16.0. The van der Waals surface area contributed by atoms with E-state index < -0.39 is 0 Å². The summed E-state index contributed by atoms with van der Waals surface area (Å²) in [7, 11) is 0. The number of oxime groups is 1. The molecule has 2 N–H and O–H groups in total. The fourth-order valence-electron chi connectivity index (χ4n) is 3.75. The molecule has 0 saturated carbocycles. The maximum absolute atomic E-state index is 9.04. The second-order valence-electron chi connectivity index (χ2n) is 7.15. The summed E-state index contributed by atoms with van der Waals surface area (Å²) in [6, 6.07) is 5.96. The Labute approximate surface area is 167 Å². The molecule has 5 rings (SSSR count). The molecule has 2 saturated heterocycles. The van der Waals surface area contributed by atoms with E-state index in [-0.39, 0.29) is 0 Å². The minimum absolute atomic E-state index is 0.630. The number of anilines is 2. The van der Waals surface area contributed by atoms with Gasteiger partial charge in [-0.15, -0.1) is 0 Å². The van der Waals surface area contributed by atoms with E-state index in [4.69, 9.17) is 24.9 Å². The van der Waals surface area contributed by atoms with Crippen molar-refractivity contribution in [3.05, 3.63) is 24.4 Å². The molecule has 1 aromatic carbocycles. The number of H-pyrrole nitrogens is 1. The highest BCUT2D eigenvalue weighted by molar-refractivity contribution is 5.92. The lowest BCUT2D eigenvalue weighted by atomic mass is 10.1. The predicted octanol–water partition coefficient (Wildman–Crippen LogP) is 1.68. The number of morpholine rings is 1. The maximum atomic E-state index is 9.04. The summed E-state index contributed by atoms with van der Waals surface area (Å²) >= 11 is 0. The van der Waals surface area contributed by atoms with E-state index in [1.165, 1.54) is 0 Å². The van der Waals surface area contributed by atoms with Crippen molar-refractivity contribution < 1.29 is 9.94 Å². The number of benzene rings is 1. The molecule has 0 unspecified atom stereocenters. The van der Waals surface area contributed by atoms with E-state index in [1.54, 1.807) is 6.20 Å². The van der Waals surface area contributed by atoms with Gasteiger partial charge in [0.25, 0.3) is 0 Å². The number of rotatable bonds is 3. The molecular weight excluding hydrogens is 372 g/mol. The summed E-state index contributed by atoms with van der Waals surface area (Å²) in [5, 5.41) is 20.5. The van der Waals surface area contributed by atoms with Crippen LogP contribution in [-0.2, 0) is 4.74 Å². The lowest BCUT2D eigenvalue weighted by Crippen LogP contribution is -2.39. The highest BCUT2D eigenvalue weighted by Gasteiger charge is 2.23. The molecule has 0 amide bonds. The number of ether oxygens (including phenoxy) is 1. The third-order valence-corrected chi connectivity index (χ3v) is 5.40. The SMILES string of the molecule is ON=C1CCN(c2nc(-c3cccc4[nH]ncc34)nc(N3CCOCC3)n2)CC1. The smallest absolute Gasteiger partial charge is 0.230 e. The van der Waals surface area contributed by atoms with Crippen LogP contribution in [-0.4, -0.2) is 75.5 Å². The van der Waals surface area contributed by atoms with Crippen molar-refractivity contribution in [2.24, 2.45) is 5.16 Å². The second kappa shape index (κ2) is 7.63. The highest BCUT2D eigenvalue weighted by Crippen LogP contribution is 2.28. The first-order valence-corrected chi connectivity index (χ1v) is 9.78. The molecule has 0 spiro atoms. The zero-order chi connectivity index (χ0) is 19.6. The third-order valence-electron chi connectivity index (χ3n) is 5.40. The van der Waals surface area contributed by atoms with Crippen molar-refractivity contribution in [2.45, 2.75) is 12.8 Å². The quantitative estimate of drug-likeness (QED) is 0.509. The van der Waals surface area contributed by atoms with Crippen molar-refractivity contribution in [1.82, 2.24) is 25.1 Å². The first kappa shape index (κ1) is 17.8. The van der Waals surface area contributed by atoms with Crippen LogP contribution in [0.1, 0.15) is 12.8 Å². The summed E-state index contributed by atoms with van der Waals surface area (Å²) in [4.78, 5) is 18.6. The molecule has 0 radical (unpaired) electrons. The van der Waals surface area contributed by atoms with E-state index in [9.17, 15) is 0 Å². The summed E-state index contributed by atoms with van der Waals surface area (Å²) in [6.45, 7) is 4.24. The minimum atomic E-state index is 0.630. The van der Waals surface area contributed by atoms with E-state index in [0.29, 0.717) is 56.9 Å². The van der Waals surface area contributed by atoms with Crippen molar-refractivity contribution >= 4 is 28.5 Å². The van der Waals surface area contributed by atoms with Gasteiger partial charge in [-0.1, -0.05) is 17.3 Å². The van der Waals surface area contributed by atoms with Gasteiger partial charge in [0.2, 0.25) is 11.9 Å². The Kier molecular flexibility index (Phi) is 4.68. The monoisotopic (exact) mass is 394 g/mol. The minimum Gasteiger partial charge on any atom is -0.411 e. The molecule has 10 nitrogen and oxygen atoms in total. The predicted molar refractivity (Wildman–Crippen MR) is 109 cm³/mol. The first-order chi connectivity index (χ1) is 14.3. The lowest BCUT2D eigenvalue weighted by molar-refractivity contribution is 0.122. The summed E-state index contributed by atoms with van der Waals surface area (Å²) < 4.78 is 5.48. The molecule has 0 bridgehead atoms. The van der Waals surface area contributed by atoms with Gasteiger partial charge in [0.05, 0.1) is 30.6 Å². The lowest BCUT2D eigenvalue weighted by Gasteiger charge is -2.30. The zero-order valence-electron chi connectivity index (χ0n) is 16.0. The fraction of sp³-hybridized carbons (Fsp3) is 0.421. The maximum Gasteiger partial charge on any atom is 0.230 e. The van der Waals surface area contributed by atoms with E-state index in [1.807, 2.05) is 18.2 Å². The Morgan fingerprint density at radius 3 is 2.41 bits per heavy atom. The molecule has 150 valence electrons. The Bertz CT molecular complexity index is 1030. The number of nitrogens with one attached hydrogen (secondary N) is 1. The molecule has 0 atom stereocenters. The van der Waals surface area contributed by atoms with Crippen molar-refractivity contribution in [1.29, 1.82) is 0 Å². The van der Waals surface area contributed by atoms with Gasteiger partial charge < -0.3 is 19.7 Å². The summed E-state index contributed by atoms with van der Waals surface area (Å²) in [5.41, 5.74) is 2.68. The van der Waals surface area contributed by atoms with Gasteiger partial charge in [-0.05, 0) is 6.07 Å². The Morgan fingerprint density at radius 1 is 0.966 bits per heavy atom. The molecule has 2 aliphatic heterocycles. The second-order valence-corrected chi connectivity index (χ2v) is 7.15. The van der Waals surface area contributed by atoms with Gasteiger partial charge in [0.1, 0.15) is 0 Å².